The standard InChI is InChI=1S/C6H8N2O2/c1-3-2-4(6(9)10)8-5(3)7/h4H,1-2H2,(H2,7,8)(H,9,10)/t4-/m0/s1. The van der Waals surface area contributed by atoms with Crippen molar-refractivity contribution in [3.8, 4) is 0 Å². The normalized spacial score (nSPS) is 24.6. The number of hydrogen-bond acceptors (Lipinski definition) is 3. The monoisotopic (exact) mass is 140 g/mol. The third-order valence-electron chi connectivity index (χ3n) is 1.38. The molecular weight excluding hydrogens is 132 g/mol. The Balaban J connectivity index is 2.74. The molecule has 3 N–H and O–H groups in total. The van der Waals surface area contributed by atoms with Crippen LogP contribution in [0.25, 0.3) is 0 Å². The van der Waals surface area contributed by atoms with Crippen LogP contribution in [-0.2, 0) is 4.79 Å². The maximum atomic E-state index is 10.3. The minimum atomic E-state index is -0.943. The minimum Gasteiger partial charge on any atom is -0.480 e. The fraction of sp³-hybridized carbons (Fsp3) is 0.333. The average Bonchev–Trinajstić information content (AvgIpc) is 2.13. The van der Waals surface area contributed by atoms with E-state index in [9.17, 15) is 4.79 Å². The van der Waals surface area contributed by atoms with E-state index >= 15 is 0 Å². The van der Waals surface area contributed by atoms with Crippen molar-refractivity contribution in [1.29, 1.82) is 0 Å². The van der Waals surface area contributed by atoms with Gasteiger partial charge in [-0.05, 0) is 5.57 Å². The highest BCUT2D eigenvalue weighted by molar-refractivity contribution is 6.01. The average molecular weight is 140 g/mol. The van der Waals surface area contributed by atoms with E-state index in [1.807, 2.05) is 0 Å². The van der Waals surface area contributed by atoms with E-state index in [2.05, 4.69) is 11.6 Å². The van der Waals surface area contributed by atoms with Crippen molar-refractivity contribution in [1.82, 2.24) is 0 Å². The molecule has 54 valence electrons. The Morgan fingerprint density at radius 1 is 1.90 bits per heavy atom. The summed E-state index contributed by atoms with van der Waals surface area (Å²) in [7, 11) is 0. The van der Waals surface area contributed by atoms with Gasteiger partial charge in [0.1, 0.15) is 5.84 Å². The molecule has 0 aromatic rings. The van der Waals surface area contributed by atoms with Crippen LogP contribution in [0, 0.1) is 0 Å². The quantitative estimate of drug-likeness (QED) is 0.527. The summed E-state index contributed by atoms with van der Waals surface area (Å²) >= 11 is 0. The van der Waals surface area contributed by atoms with Crippen LogP contribution in [0.15, 0.2) is 17.1 Å². The van der Waals surface area contributed by atoms with Gasteiger partial charge < -0.3 is 10.8 Å². The van der Waals surface area contributed by atoms with Gasteiger partial charge in [0.15, 0.2) is 6.04 Å². The molecule has 1 aliphatic rings. The van der Waals surface area contributed by atoms with Gasteiger partial charge in [-0.2, -0.15) is 0 Å². The van der Waals surface area contributed by atoms with Crippen molar-refractivity contribution in [3.05, 3.63) is 12.2 Å². The zero-order valence-corrected chi connectivity index (χ0v) is 5.37. The van der Waals surface area contributed by atoms with Crippen LogP contribution in [0.1, 0.15) is 6.42 Å². The van der Waals surface area contributed by atoms with Gasteiger partial charge in [-0.3, -0.25) is 4.99 Å². The molecule has 0 spiro atoms. The Kier molecular flexibility index (Phi) is 1.45. The van der Waals surface area contributed by atoms with Crippen molar-refractivity contribution >= 4 is 11.8 Å². The fourth-order valence-corrected chi connectivity index (χ4v) is 0.785. The van der Waals surface area contributed by atoms with E-state index in [0.717, 1.165) is 0 Å². The molecule has 1 heterocycles. The molecule has 0 bridgehead atoms. The number of nitrogens with two attached hydrogens (primary N) is 1. The van der Waals surface area contributed by atoms with Crippen LogP contribution in [0.2, 0.25) is 0 Å². The van der Waals surface area contributed by atoms with E-state index in [1.54, 1.807) is 0 Å². The molecule has 0 unspecified atom stereocenters. The maximum Gasteiger partial charge on any atom is 0.328 e. The first kappa shape index (κ1) is 6.80. The first-order chi connectivity index (χ1) is 4.61. The predicted octanol–water partition coefficient (Wildman–Crippen LogP) is -0.243. The lowest BCUT2D eigenvalue weighted by atomic mass is 10.1. The summed E-state index contributed by atoms with van der Waals surface area (Å²) in [6, 6.07) is -0.701. The van der Waals surface area contributed by atoms with Crippen LogP contribution in [0.5, 0.6) is 0 Å². The Bertz CT molecular complexity index is 220. The molecule has 0 amide bonds. The molecular formula is C6H8N2O2. The zero-order valence-electron chi connectivity index (χ0n) is 5.37. The summed E-state index contributed by atoms with van der Waals surface area (Å²) in [5.41, 5.74) is 5.91. The number of aliphatic carboxylic acids is 1. The van der Waals surface area contributed by atoms with Gasteiger partial charge in [0.2, 0.25) is 0 Å². The van der Waals surface area contributed by atoms with Gasteiger partial charge >= 0.3 is 5.97 Å². The molecule has 4 heteroatoms. The molecule has 0 aromatic carbocycles. The second-order valence-corrected chi connectivity index (χ2v) is 2.18. The second-order valence-electron chi connectivity index (χ2n) is 2.18. The highest BCUT2D eigenvalue weighted by Gasteiger charge is 2.24. The van der Waals surface area contributed by atoms with Crippen LogP contribution in [0.3, 0.4) is 0 Å². The molecule has 0 fully saturated rings. The highest BCUT2D eigenvalue weighted by Crippen LogP contribution is 2.14. The van der Waals surface area contributed by atoms with Gasteiger partial charge in [0.05, 0.1) is 0 Å². The van der Waals surface area contributed by atoms with Gasteiger partial charge in [0.25, 0.3) is 0 Å². The van der Waals surface area contributed by atoms with Gasteiger partial charge in [-0.15, -0.1) is 0 Å². The van der Waals surface area contributed by atoms with E-state index in [-0.39, 0.29) is 5.84 Å². The van der Waals surface area contributed by atoms with Crippen LogP contribution in [-0.4, -0.2) is 23.0 Å². The van der Waals surface area contributed by atoms with Crippen molar-refractivity contribution in [2.75, 3.05) is 0 Å². The summed E-state index contributed by atoms with van der Waals surface area (Å²) in [6.07, 6.45) is 0.348. The van der Waals surface area contributed by atoms with Crippen LogP contribution in [0.4, 0.5) is 0 Å². The Hall–Kier alpha value is -1.32. The van der Waals surface area contributed by atoms with E-state index < -0.39 is 12.0 Å². The zero-order chi connectivity index (χ0) is 7.72. The number of amidine groups is 1. The van der Waals surface area contributed by atoms with Crippen molar-refractivity contribution in [2.24, 2.45) is 10.7 Å². The summed E-state index contributed by atoms with van der Waals surface area (Å²) in [6.45, 7) is 3.55. The van der Waals surface area contributed by atoms with Gasteiger partial charge in [-0.25, -0.2) is 4.79 Å². The Labute approximate surface area is 58.1 Å². The first-order valence-electron chi connectivity index (χ1n) is 2.85. The predicted molar refractivity (Wildman–Crippen MR) is 36.8 cm³/mol. The third kappa shape index (κ3) is 1.00. The molecule has 0 radical (unpaired) electrons. The number of carboxylic acids is 1. The lowest BCUT2D eigenvalue weighted by molar-refractivity contribution is -0.138. The summed E-state index contributed by atoms with van der Waals surface area (Å²) in [5.74, 6) is -0.672. The number of hydrogen-bond donors (Lipinski definition) is 2. The van der Waals surface area contributed by atoms with Crippen LogP contribution >= 0.6 is 0 Å². The molecule has 1 rings (SSSR count). The molecule has 4 nitrogen and oxygen atoms in total. The number of rotatable bonds is 1. The highest BCUT2D eigenvalue weighted by atomic mass is 16.4. The number of aliphatic imine (C=N–C) groups is 1. The SMILES string of the molecule is C=C1C[C@@H](C(=O)O)N=C1N. The first-order valence-corrected chi connectivity index (χ1v) is 2.85. The van der Waals surface area contributed by atoms with E-state index in [1.165, 1.54) is 0 Å². The second kappa shape index (κ2) is 2.13. The lowest BCUT2D eigenvalue weighted by Gasteiger charge is -1.95. The Morgan fingerprint density at radius 2 is 2.50 bits per heavy atom. The van der Waals surface area contributed by atoms with Crippen LogP contribution < -0.4 is 5.73 Å². The minimum absolute atomic E-state index is 0.271. The van der Waals surface area contributed by atoms with Crippen molar-refractivity contribution in [2.45, 2.75) is 12.5 Å². The lowest BCUT2D eigenvalue weighted by Crippen LogP contribution is -2.14. The van der Waals surface area contributed by atoms with E-state index in [4.69, 9.17) is 10.8 Å². The number of nitrogens with zero attached hydrogens (tertiary/aromatic N) is 1. The summed E-state index contributed by atoms with van der Waals surface area (Å²) in [5, 5.41) is 8.45. The summed E-state index contributed by atoms with van der Waals surface area (Å²) in [4.78, 5) is 14.0. The fourth-order valence-electron chi connectivity index (χ4n) is 0.785. The molecule has 0 saturated carbocycles. The molecule has 0 saturated heterocycles. The smallest absolute Gasteiger partial charge is 0.328 e. The van der Waals surface area contributed by atoms with Crippen molar-refractivity contribution in [3.63, 3.8) is 0 Å². The number of carbonyl (C=O) groups is 1. The van der Waals surface area contributed by atoms with E-state index in [0.29, 0.717) is 12.0 Å². The number of carboxylic acid groups (broad SMARTS) is 1. The molecule has 0 aliphatic carbocycles. The molecule has 1 aliphatic heterocycles. The largest absolute Gasteiger partial charge is 0.480 e. The van der Waals surface area contributed by atoms with Crippen molar-refractivity contribution < 1.29 is 9.90 Å². The van der Waals surface area contributed by atoms with Gasteiger partial charge in [0, 0.05) is 6.42 Å². The topological polar surface area (TPSA) is 75.7 Å². The molecule has 1 atom stereocenters. The molecule has 10 heavy (non-hydrogen) atoms. The molecule has 0 aromatic heterocycles. The maximum absolute atomic E-state index is 10.3. The Morgan fingerprint density at radius 3 is 2.70 bits per heavy atom. The third-order valence-corrected chi connectivity index (χ3v) is 1.38. The summed E-state index contributed by atoms with van der Waals surface area (Å²) < 4.78 is 0. The van der Waals surface area contributed by atoms with Gasteiger partial charge in [-0.1, -0.05) is 6.58 Å².